The van der Waals surface area contributed by atoms with E-state index in [1.54, 1.807) is 18.2 Å². The molecular weight excluding hydrogens is 621 g/mol. The third-order valence-electron chi connectivity index (χ3n) is 6.67. The Hall–Kier alpha value is -5.01. The highest BCUT2D eigenvalue weighted by Crippen LogP contribution is 2.39. The van der Waals surface area contributed by atoms with Gasteiger partial charge in [0.25, 0.3) is 5.91 Å². The highest BCUT2D eigenvalue weighted by Gasteiger charge is 2.45. The lowest BCUT2D eigenvalue weighted by molar-refractivity contribution is -0.253. The second-order valence-corrected chi connectivity index (χ2v) is 9.74. The fourth-order valence-electron chi connectivity index (χ4n) is 4.58. The molecule has 0 heterocycles. The summed E-state index contributed by atoms with van der Waals surface area (Å²) in [5.74, 6) is -6.69. The maximum Gasteiger partial charge on any atom is 0.461 e. The number of hydrogen-bond donors (Lipinski definition) is 2. The molecule has 1 atom stereocenters. The minimum absolute atomic E-state index is 0.0278. The second kappa shape index (κ2) is 12.5. The van der Waals surface area contributed by atoms with Gasteiger partial charge >= 0.3 is 24.7 Å². The summed E-state index contributed by atoms with van der Waals surface area (Å²) in [6.45, 7) is 0. The largest absolute Gasteiger partial charge is 0.478 e. The van der Waals surface area contributed by atoms with E-state index in [9.17, 15) is 54.2 Å². The number of hydrogen-bond acceptors (Lipinski definition) is 3. The van der Waals surface area contributed by atoms with Gasteiger partial charge in [-0.15, -0.1) is 0 Å². The van der Waals surface area contributed by atoms with Gasteiger partial charge < -0.3 is 15.2 Å². The molecule has 1 unspecified atom stereocenters. The van der Waals surface area contributed by atoms with Crippen LogP contribution in [0.2, 0.25) is 0 Å². The molecule has 236 valence electrons. The molecule has 5 nitrogen and oxygen atoms in total. The second-order valence-electron chi connectivity index (χ2n) is 9.74. The molecule has 0 aromatic heterocycles. The van der Waals surface area contributed by atoms with Gasteiger partial charge in [-0.2, -0.15) is 30.7 Å². The molecule has 0 saturated heterocycles. The van der Waals surface area contributed by atoms with Gasteiger partial charge in [-0.3, -0.25) is 4.79 Å². The first-order chi connectivity index (χ1) is 21.0. The number of alkyl halides is 7. The molecule has 2 N–H and O–H groups in total. The van der Waals surface area contributed by atoms with E-state index in [2.05, 4.69) is 10.1 Å². The van der Waals surface area contributed by atoms with E-state index >= 15 is 0 Å². The molecular formula is C31H20F9NO4. The van der Waals surface area contributed by atoms with Crippen LogP contribution in [0.1, 0.15) is 43.0 Å². The highest BCUT2D eigenvalue weighted by atomic mass is 19.4. The normalized spacial score (nSPS) is 13.3. The molecule has 0 spiro atoms. The number of carbonyl (C=O) groups excluding carboxylic acids is 1. The van der Waals surface area contributed by atoms with Gasteiger partial charge in [0.2, 0.25) is 0 Å². The molecule has 45 heavy (non-hydrogen) atoms. The molecule has 0 fully saturated rings. The number of carbonyl (C=O) groups is 2. The summed E-state index contributed by atoms with van der Waals surface area (Å²) in [7, 11) is 0. The zero-order chi connectivity index (χ0) is 33.2. The van der Waals surface area contributed by atoms with Crippen LogP contribution in [0.3, 0.4) is 0 Å². The molecule has 0 aliphatic rings. The van der Waals surface area contributed by atoms with Gasteiger partial charge in [-0.05, 0) is 59.2 Å². The Morgan fingerprint density at radius 3 is 1.98 bits per heavy atom. The van der Waals surface area contributed by atoms with E-state index in [1.165, 1.54) is 24.3 Å². The Labute approximate surface area is 248 Å². The number of carboxylic acid groups (broad SMARTS) is 1. The van der Waals surface area contributed by atoms with E-state index < -0.39 is 70.2 Å². The maximum atomic E-state index is 15.0. The molecule has 14 heteroatoms. The Balaban J connectivity index is 1.98. The summed E-state index contributed by atoms with van der Waals surface area (Å²) < 4.78 is 127. The highest BCUT2D eigenvalue weighted by molar-refractivity contribution is 5.95. The van der Waals surface area contributed by atoms with Gasteiger partial charge in [-0.25, -0.2) is 13.6 Å². The molecule has 0 aliphatic heterocycles. The average Bonchev–Trinajstić information content (AvgIpc) is 2.96. The minimum Gasteiger partial charge on any atom is -0.478 e. The van der Waals surface area contributed by atoms with Crippen LogP contribution in [-0.2, 0) is 18.1 Å². The quantitative estimate of drug-likeness (QED) is 0.173. The monoisotopic (exact) mass is 641 g/mol. The van der Waals surface area contributed by atoms with Crippen LogP contribution >= 0.6 is 0 Å². The number of aromatic carboxylic acids is 1. The van der Waals surface area contributed by atoms with Crippen LogP contribution in [0.4, 0.5) is 39.5 Å². The first kappa shape index (κ1) is 32.9. The summed E-state index contributed by atoms with van der Waals surface area (Å²) in [4.78, 5) is 25.1. The van der Waals surface area contributed by atoms with Crippen molar-refractivity contribution < 1.29 is 58.9 Å². The molecule has 4 rings (SSSR count). The van der Waals surface area contributed by atoms with Gasteiger partial charge in [0.05, 0.1) is 16.7 Å². The molecule has 0 radical (unpaired) electrons. The van der Waals surface area contributed by atoms with Crippen molar-refractivity contribution in [3.8, 4) is 5.75 Å². The number of halogens is 9. The summed E-state index contributed by atoms with van der Waals surface area (Å²) >= 11 is 0. The van der Waals surface area contributed by atoms with E-state index in [4.69, 9.17) is 0 Å². The number of carboxylic acids is 1. The average molecular weight is 641 g/mol. The van der Waals surface area contributed by atoms with Crippen LogP contribution in [-0.4, -0.2) is 29.5 Å². The zero-order valence-corrected chi connectivity index (χ0v) is 22.5. The summed E-state index contributed by atoms with van der Waals surface area (Å²) in [6, 6.07) is 15.6. The van der Waals surface area contributed by atoms with Crippen molar-refractivity contribution in [3.63, 3.8) is 0 Å². The number of rotatable bonds is 10. The Morgan fingerprint density at radius 2 is 1.40 bits per heavy atom. The Bertz CT molecular complexity index is 1690. The number of ether oxygens (including phenoxy) is 1. The molecule has 0 saturated carbocycles. The third-order valence-corrected chi connectivity index (χ3v) is 6.67. The van der Waals surface area contributed by atoms with E-state index in [1.807, 2.05) is 0 Å². The van der Waals surface area contributed by atoms with Crippen molar-refractivity contribution in [2.75, 3.05) is 0 Å². The summed E-state index contributed by atoms with van der Waals surface area (Å²) in [6.07, 6.45) is -14.9. The van der Waals surface area contributed by atoms with Crippen molar-refractivity contribution in [1.29, 1.82) is 0 Å². The maximum absolute atomic E-state index is 15.0. The first-order valence-corrected chi connectivity index (χ1v) is 12.7. The molecule has 4 aromatic rings. The van der Waals surface area contributed by atoms with Gasteiger partial charge in [0.15, 0.2) is 0 Å². The lowest BCUT2D eigenvalue weighted by Gasteiger charge is -2.37. The number of amides is 1. The molecule has 4 aromatic carbocycles. The molecule has 0 aliphatic carbocycles. The smallest absolute Gasteiger partial charge is 0.461 e. The van der Waals surface area contributed by atoms with Crippen molar-refractivity contribution >= 4 is 11.9 Å². The van der Waals surface area contributed by atoms with Crippen LogP contribution in [0.15, 0.2) is 91.0 Å². The Morgan fingerprint density at radius 1 is 0.778 bits per heavy atom. The molecule has 0 bridgehead atoms. The summed E-state index contributed by atoms with van der Waals surface area (Å²) in [5.41, 5.74) is -4.87. The minimum atomic E-state index is -5.20. The van der Waals surface area contributed by atoms with Crippen molar-refractivity contribution in [2.24, 2.45) is 0 Å². The predicted octanol–water partition coefficient (Wildman–Crippen LogP) is 7.83. The number of benzene rings is 4. The van der Waals surface area contributed by atoms with Gasteiger partial charge in [0, 0.05) is 18.1 Å². The van der Waals surface area contributed by atoms with E-state index in [0.29, 0.717) is 17.7 Å². The topological polar surface area (TPSA) is 75.6 Å². The standard InChI is InChI=1S/C31H20F9NO4/c32-22-13-21(14-23(15-22)45-31(39,40)28(34)35)29(16-17-4-2-1-3-5-17,20-9-6-18(7-10-20)27(43)44)41-26(42)19-8-11-25(33)24(12-19)30(36,37)38/h1-15,28H,16H2,(H,41,42)(H,43,44). The SMILES string of the molecule is O=C(O)c1ccc(C(Cc2ccccc2)(NC(=O)c2ccc(F)c(C(F)(F)F)c2)c2cc(F)cc(OC(F)(F)C(F)F)c2)cc1. The van der Waals surface area contributed by atoms with Gasteiger partial charge in [-0.1, -0.05) is 42.5 Å². The fourth-order valence-corrected chi connectivity index (χ4v) is 4.58. The van der Waals surface area contributed by atoms with Crippen LogP contribution in [0.5, 0.6) is 5.75 Å². The van der Waals surface area contributed by atoms with Crippen LogP contribution < -0.4 is 10.1 Å². The van der Waals surface area contributed by atoms with E-state index in [0.717, 1.165) is 30.3 Å². The lowest BCUT2D eigenvalue weighted by Crippen LogP contribution is -2.49. The number of nitrogens with one attached hydrogen (secondary N) is 1. The zero-order valence-electron chi connectivity index (χ0n) is 22.5. The molecule has 1 amide bonds. The summed E-state index contributed by atoms with van der Waals surface area (Å²) in [5, 5.41) is 11.9. The fraction of sp³-hybridized carbons (Fsp3) is 0.161. The van der Waals surface area contributed by atoms with Crippen LogP contribution in [0.25, 0.3) is 0 Å². The van der Waals surface area contributed by atoms with E-state index in [-0.39, 0.29) is 23.6 Å². The van der Waals surface area contributed by atoms with Crippen molar-refractivity contribution in [3.05, 3.63) is 136 Å². The first-order valence-electron chi connectivity index (χ1n) is 12.7. The van der Waals surface area contributed by atoms with Gasteiger partial charge in [0.1, 0.15) is 17.4 Å². The lowest BCUT2D eigenvalue weighted by atomic mass is 9.77. The predicted molar refractivity (Wildman–Crippen MR) is 141 cm³/mol. The Kier molecular flexibility index (Phi) is 9.17. The van der Waals surface area contributed by atoms with Crippen molar-refractivity contribution in [2.45, 2.75) is 30.7 Å². The third kappa shape index (κ3) is 7.39. The van der Waals surface area contributed by atoms with Crippen LogP contribution in [0, 0.1) is 11.6 Å². The van der Waals surface area contributed by atoms with Crippen molar-refractivity contribution in [1.82, 2.24) is 5.32 Å².